The number of hydrogen-bond acceptors (Lipinski definition) is 15. The second-order valence-electron chi connectivity index (χ2n) is 29.0. The summed E-state index contributed by atoms with van der Waals surface area (Å²) in [5, 5.41) is 10.6. The van der Waals surface area contributed by atoms with Gasteiger partial charge >= 0.3 is 39.5 Å². The highest BCUT2D eigenvalue weighted by molar-refractivity contribution is 7.47. The predicted octanol–water partition coefficient (Wildman–Crippen LogP) is 22.9. The van der Waals surface area contributed by atoms with E-state index >= 15 is 0 Å². The highest BCUT2D eigenvalue weighted by atomic mass is 31.2. The van der Waals surface area contributed by atoms with E-state index in [2.05, 4.69) is 72.8 Å². The zero-order valence-corrected chi connectivity index (χ0v) is 65.5. The Kier molecular flexibility index (Phi) is 67.2. The minimum absolute atomic E-state index is 0.100. The number of rotatable bonds is 75. The van der Waals surface area contributed by atoms with Gasteiger partial charge in [0.2, 0.25) is 0 Å². The summed E-state index contributed by atoms with van der Waals surface area (Å²) in [6.45, 7) is 11.9. The second-order valence-corrected chi connectivity index (χ2v) is 31.9. The predicted molar refractivity (Wildman–Crippen MR) is 400 cm³/mol. The topological polar surface area (TPSA) is 237 Å². The van der Waals surface area contributed by atoms with Crippen LogP contribution in [0.15, 0.2) is 24.3 Å². The number of unbranched alkanes of at least 4 members (excludes halogenated alkanes) is 39. The van der Waals surface area contributed by atoms with Gasteiger partial charge in [0, 0.05) is 25.7 Å². The molecule has 0 aliphatic rings. The van der Waals surface area contributed by atoms with Crippen LogP contribution in [0.2, 0.25) is 0 Å². The molecule has 0 saturated heterocycles. The van der Waals surface area contributed by atoms with Crippen LogP contribution in [0.1, 0.15) is 382 Å². The quantitative estimate of drug-likeness (QED) is 0.0169. The first-order chi connectivity index (χ1) is 47.3. The van der Waals surface area contributed by atoms with Crippen molar-refractivity contribution in [2.75, 3.05) is 39.6 Å². The summed E-state index contributed by atoms with van der Waals surface area (Å²) in [5.74, 6) is 0.199. The van der Waals surface area contributed by atoms with Crippen LogP contribution in [0.4, 0.5) is 0 Å². The standard InChI is InChI=1S/C79H150O17P2/c1-8-10-11-12-13-14-15-16-17-20-23-32-39-46-53-60-76(81)89-66-74(95-78(83)62-55-48-41-34-24-21-18-19-22-29-36-43-50-57-70(3)4)68-93-97(85,86)91-64-73(80)65-92-98(87,88)94-69-75(67-90-77(82)61-54-47-40-33-27-25-30-37-44-51-58-71(5)6)96-79(84)63-56-49-42-35-28-26-31-38-45-52-59-72(7)9-2/h14-17,70-75,80H,8-13,18-69H2,1-7H3,(H,85,86)(H,87,88)/b15-14-,17-16-/t72?,73-,74-,75-/m1/s1. The number of esters is 4. The summed E-state index contributed by atoms with van der Waals surface area (Å²) in [7, 11) is -9.93. The van der Waals surface area contributed by atoms with Gasteiger partial charge in [0.05, 0.1) is 26.4 Å². The second kappa shape index (κ2) is 68.9. The summed E-state index contributed by atoms with van der Waals surface area (Å²) in [6, 6.07) is 0. The molecule has 0 radical (unpaired) electrons. The molecule has 0 saturated carbocycles. The van der Waals surface area contributed by atoms with Gasteiger partial charge in [0.1, 0.15) is 19.3 Å². The molecule has 0 bridgehead atoms. The van der Waals surface area contributed by atoms with E-state index < -0.39 is 97.5 Å². The lowest BCUT2D eigenvalue weighted by atomic mass is 9.99. The first kappa shape index (κ1) is 95.5. The summed E-state index contributed by atoms with van der Waals surface area (Å²) in [4.78, 5) is 73.0. The number of ether oxygens (including phenoxy) is 4. The monoisotopic (exact) mass is 1430 g/mol. The Bertz CT molecular complexity index is 2000. The molecule has 6 atom stereocenters. The Hall–Kier alpha value is -2.46. The van der Waals surface area contributed by atoms with Gasteiger partial charge < -0.3 is 33.8 Å². The molecule has 0 amide bonds. The average Bonchev–Trinajstić information content (AvgIpc) is 1.14. The maximum absolute atomic E-state index is 13.1. The van der Waals surface area contributed by atoms with Gasteiger partial charge in [-0.3, -0.25) is 37.3 Å². The number of carbonyl (C=O) groups is 4. The number of aliphatic hydroxyl groups excluding tert-OH is 1. The van der Waals surface area contributed by atoms with Crippen LogP contribution in [0.25, 0.3) is 0 Å². The molecule has 578 valence electrons. The fraction of sp³-hybridized carbons (Fsp3) is 0.899. The number of phosphoric ester groups is 2. The van der Waals surface area contributed by atoms with Crippen LogP contribution in [0, 0.1) is 17.8 Å². The molecule has 3 unspecified atom stereocenters. The van der Waals surface area contributed by atoms with Crippen LogP contribution in [0.5, 0.6) is 0 Å². The van der Waals surface area contributed by atoms with Gasteiger partial charge in [-0.25, -0.2) is 9.13 Å². The van der Waals surface area contributed by atoms with Gasteiger partial charge in [-0.15, -0.1) is 0 Å². The average molecular weight is 1430 g/mol. The zero-order chi connectivity index (χ0) is 72.3. The number of aliphatic hydroxyl groups is 1. The van der Waals surface area contributed by atoms with Crippen molar-refractivity contribution in [3.05, 3.63) is 24.3 Å². The Morgan fingerprint density at radius 2 is 0.602 bits per heavy atom. The maximum Gasteiger partial charge on any atom is 0.472 e. The fourth-order valence-corrected chi connectivity index (χ4v) is 13.1. The van der Waals surface area contributed by atoms with Crippen molar-refractivity contribution < 1.29 is 80.2 Å². The van der Waals surface area contributed by atoms with Gasteiger partial charge in [-0.2, -0.15) is 0 Å². The van der Waals surface area contributed by atoms with Crippen molar-refractivity contribution in [1.82, 2.24) is 0 Å². The highest BCUT2D eigenvalue weighted by Gasteiger charge is 2.30. The van der Waals surface area contributed by atoms with E-state index in [1.54, 1.807) is 0 Å². The van der Waals surface area contributed by atoms with Gasteiger partial charge in [-0.05, 0) is 69.1 Å². The number of phosphoric acid groups is 2. The van der Waals surface area contributed by atoms with Crippen molar-refractivity contribution >= 4 is 39.5 Å². The summed E-state index contributed by atoms with van der Waals surface area (Å²) < 4.78 is 68.6. The molecule has 0 aromatic rings. The third-order valence-electron chi connectivity index (χ3n) is 18.1. The van der Waals surface area contributed by atoms with Crippen molar-refractivity contribution in [2.24, 2.45) is 17.8 Å². The third kappa shape index (κ3) is 70.6. The Morgan fingerprint density at radius 1 is 0.337 bits per heavy atom. The van der Waals surface area contributed by atoms with Crippen LogP contribution in [-0.2, 0) is 65.4 Å². The van der Waals surface area contributed by atoms with E-state index in [4.69, 9.17) is 37.0 Å². The highest BCUT2D eigenvalue weighted by Crippen LogP contribution is 2.45. The van der Waals surface area contributed by atoms with Gasteiger partial charge in [-0.1, -0.05) is 330 Å². The van der Waals surface area contributed by atoms with Crippen molar-refractivity contribution in [1.29, 1.82) is 0 Å². The molecule has 0 aliphatic carbocycles. The van der Waals surface area contributed by atoms with Crippen molar-refractivity contribution in [3.63, 3.8) is 0 Å². The molecule has 0 aromatic heterocycles. The fourth-order valence-electron chi connectivity index (χ4n) is 11.6. The molecule has 98 heavy (non-hydrogen) atoms. The number of carbonyl (C=O) groups excluding carboxylic acids is 4. The molecule has 19 heteroatoms. The largest absolute Gasteiger partial charge is 0.472 e. The van der Waals surface area contributed by atoms with E-state index in [9.17, 15) is 43.2 Å². The Balaban J connectivity index is 5.31. The van der Waals surface area contributed by atoms with E-state index in [-0.39, 0.29) is 25.7 Å². The summed E-state index contributed by atoms with van der Waals surface area (Å²) in [5.41, 5.74) is 0. The lowest BCUT2D eigenvalue weighted by Gasteiger charge is -2.21. The van der Waals surface area contributed by atoms with E-state index in [1.807, 2.05) is 0 Å². The number of hydrogen-bond donors (Lipinski definition) is 3. The molecule has 17 nitrogen and oxygen atoms in total. The van der Waals surface area contributed by atoms with Crippen molar-refractivity contribution in [2.45, 2.75) is 401 Å². The van der Waals surface area contributed by atoms with Gasteiger partial charge in [0.25, 0.3) is 0 Å². The molecule has 0 heterocycles. The lowest BCUT2D eigenvalue weighted by molar-refractivity contribution is -0.161. The van der Waals surface area contributed by atoms with Crippen LogP contribution >= 0.6 is 15.6 Å². The Morgan fingerprint density at radius 3 is 0.908 bits per heavy atom. The third-order valence-corrected chi connectivity index (χ3v) is 20.0. The van der Waals surface area contributed by atoms with Crippen LogP contribution < -0.4 is 0 Å². The molecular formula is C79H150O17P2. The molecule has 0 rings (SSSR count). The van der Waals surface area contributed by atoms with E-state index in [0.717, 1.165) is 127 Å². The normalized spacial score (nSPS) is 14.4. The minimum atomic E-state index is -4.97. The first-order valence-electron chi connectivity index (χ1n) is 40.2. The minimum Gasteiger partial charge on any atom is -0.462 e. The van der Waals surface area contributed by atoms with Crippen LogP contribution in [0.3, 0.4) is 0 Å². The Labute approximate surface area is 599 Å². The zero-order valence-electron chi connectivity index (χ0n) is 63.7. The molecular weight excluding hydrogens is 1280 g/mol. The first-order valence-corrected chi connectivity index (χ1v) is 43.2. The van der Waals surface area contributed by atoms with Gasteiger partial charge in [0.15, 0.2) is 12.2 Å². The number of allylic oxidation sites excluding steroid dienone is 4. The van der Waals surface area contributed by atoms with Crippen LogP contribution in [-0.4, -0.2) is 96.7 Å². The summed E-state index contributed by atoms with van der Waals surface area (Å²) >= 11 is 0. The lowest BCUT2D eigenvalue weighted by Crippen LogP contribution is -2.30. The van der Waals surface area contributed by atoms with E-state index in [1.165, 1.54) is 173 Å². The molecule has 0 aromatic carbocycles. The molecule has 0 fully saturated rings. The van der Waals surface area contributed by atoms with E-state index in [0.29, 0.717) is 25.7 Å². The molecule has 0 aliphatic heterocycles. The molecule has 0 spiro atoms. The van der Waals surface area contributed by atoms with Crippen molar-refractivity contribution in [3.8, 4) is 0 Å². The smallest absolute Gasteiger partial charge is 0.462 e. The molecule has 3 N–H and O–H groups in total. The SMILES string of the molecule is CCCCCC/C=C\C=C/CCCCCCCC(=O)OC[C@H](COP(=O)(O)OC[C@@H](O)COP(=O)(O)OC[C@@H](COC(=O)CCCCCCCCCCCCC(C)C)OC(=O)CCCCCCCCCCCCC(C)CC)OC(=O)CCCCCCCCCCCCCCCC(C)C. The summed E-state index contributed by atoms with van der Waals surface area (Å²) in [6.07, 6.45) is 58.9. The maximum atomic E-state index is 13.1.